The second-order valence-corrected chi connectivity index (χ2v) is 12.1. The first-order valence-corrected chi connectivity index (χ1v) is 14.8. The number of aryl methyl sites for hydroxylation is 1. The largest absolute Gasteiger partial charge is 0.454 e. The Morgan fingerprint density at radius 2 is 1.80 bits per heavy atom. The van der Waals surface area contributed by atoms with Crippen molar-refractivity contribution in [3.8, 4) is 11.3 Å². The summed E-state index contributed by atoms with van der Waals surface area (Å²) in [6, 6.07) is 15.5. The first-order chi connectivity index (χ1) is 19.7. The number of ketones is 1. The molecule has 41 heavy (non-hydrogen) atoms. The van der Waals surface area contributed by atoms with Crippen molar-refractivity contribution < 1.29 is 23.9 Å². The topological polar surface area (TPSA) is 93.6 Å². The summed E-state index contributed by atoms with van der Waals surface area (Å²) in [5.41, 5.74) is 3.21. The summed E-state index contributed by atoms with van der Waals surface area (Å²) >= 11 is 7.68. The van der Waals surface area contributed by atoms with Gasteiger partial charge >= 0.3 is 5.97 Å². The van der Waals surface area contributed by atoms with Crippen LogP contribution in [-0.4, -0.2) is 35.2 Å². The predicted molar refractivity (Wildman–Crippen MR) is 158 cm³/mol. The van der Waals surface area contributed by atoms with Gasteiger partial charge in [-0.2, -0.15) is 0 Å². The zero-order chi connectivity index (χ0) is 28.8. The molecule has 2 aromatic carbocycles. The molecule has 0 radical (unpaired) electrons. The normalized spacial score (nSPS) is 20.4. The van der Waals surface area contributed by atoms with E-state index < -0.39 is 5.97 Å². The van der Waals surface area contributed by atoms with E-state index in [4.69, 9.17) is 21.3 Å². The Hall–Kier alpha value is -3.88. The van der Waals surface area contributed by atoms with E-state index in [-0.39, 0.29) is 41.6 Å². The highest BCUT2D eigenvalue weighted by atomic mass is 35.5. The van der Waals surface area contributed by atoms with E-state index in [1.807, 2.05) is 6.92 Å². The van der Waals surface area contributed by atoms with Gasteiger partial charge in [-0.05, 0) is 73.4 Å². The molecular weight excluding hydrogens is 560 g/mol. The maximum Gasteiger partial charge on any atom is 0.339 e. The lowest BCUT2D eigenvalue weighted by atomic mass is 9.76. The number of aromatic nitrogens is 1. The number of rotatable bonds is 6. The van der Waals surface area contributed by atoms with Crippen LogP contribution in [0.15, 0.2) is 60.0 Å². The number of hydrogen-bond donors (Lipinski definition) is 0. The maximum atomic E-state index is 13.2. The number of amides is 2. The van der Waals surface area contributed by atoms with Crippen molar-refractivity contribution in [2.75, 3.05) is 11.5 Å². The van der Waals surface area contributed by atoms with E-state index >= 15 is 0 Å². The van der Waals surface area contributed by atoms with Crippen LogP contribution in [-0.2, 0) is 14.3 Å². The highest BCUT2D eigenvalue weighted by Crippen LogP contribution is 2.42. The highest BCUT2D eigenvalue weighted by Gasteiger charge is 2.49. The number of esters is 1. The van der Waals surface area contributed by atoms with Crippen LogP contribution in [0.4, 0.5) is 5.69 Å². The number of halogens is 1. The third-order valence-electron chi connectivity index (χ3n) is 8.13. The van der Waals surface area contributed by atoms with Crippen molar-refractivity contribution in [2.24, 2.45) is 17.8 Å². The number of ether oxygens (including phenoxy) is 1. The number of fused-ring (bicyclic) bond motifs is 2. The molecule has 3 unspecified atom stereocenters. The molecule has 1 aliphatic carbocycles. The SMILES string of the molecule is Cc1c(Cl)ccc2c(C(=O)OCC(=O)c3cccs3)cc(-c3ccc(N4C(=O)C5CCC(C)CC5C4=O)cc3)nc12. The first-order valence-electron chi connectivity index (χ1n) is 13.5. The average Bonchev–Trinajstić information content (AvgIpc) is 3.60. The molecule has 7 nitrogen and oxygen atoms in total. The van der Waals surface area contributed by atoms with Gasteiger partial charge in [0.1, 0.15) is 0 Å². The number of thiophene rings is 1. The van der Waals surface area contributed by atoms with Gasteiger partial charge in [0.15, 0.2) is 6.61 Å². The van der Waals surface area contributed by atoms with Gasteiger partial charge in [-0.1, -0.05) is 42.8 Å². The van der Waals surface area contributed by atoms with E-state index in [1.54, 1.807) is 60.0 Å². The number of benzene rings is 2. The number of hydrogen-bond acceptors (Lipinski definition) is 7. The number of nitrogens with zero attached hydrogens (tertiary/aromatic N) is 2. The molecule has 0 N–H and O–H groups in total. The Balaban J connectivity index is 1.32. The summed E-state index contributed by atoms with van der Waals surface area (Å²) in [6.45, 7) is 3.58. The monoisotopic (exact) mass is 586 g/mol. The van der Waals surface area contributed by atoms with Gasteiger partial charge in [0.25, 0.3) is 0 Å². The minimum absolute atomic E-state index is 0.129. The minimum Gasteiger partial charge on any atom is -0.454 e. The van der Waals surface area contributed by atoms with Gasteiger partial charge in [0, 0.05) is 16.0 Å². The molecule has 0 bridgehead atoms. The van der Waals surface area contributed by atoms with E-state index in [2.05, 4.69) is 6.92 Å². The van der Waals surface area contributed by atoms with Gasteiger partial charge in [-0.15, -0.1) is 11.3 Å². The Morgan fingerprint density at radius 3 is 2.54 bits per heavy atom. The van der Waals surface area contributed by atoms with Crippen LogP contribution in [0.25, 0.3) is 22.2 Å². The van der Waals surface area contributed by atoms with Crippen LogP contribution in [0.1, 0.15) is 51.8 Å². The standard InChI is InChI=1S/C32H27ClN2O5S/c1-17-5-10-22-23(14-17)31(38)35(30(22)37)20-8-6-19(7-9-20)26-15-24(21-11-12-25(33)18(2)29(21)34-26)32(39)40-16-27(36)28-4-3-13-41-28/h3-4,6-9,11-13,15,17,22-23H,5,10,14,16H2,1-2H3. The van der Waals surface area contributed by atoms with Crippen molar-refractivity contribution in [2.45, 2.75) is 33.1 Å². The molecule has 1 saturated heterocycles. The molecule has 2 aromatic heterocycles. The predicted octanol–water partition coefficient (Wildman–Crippen LogP) is 6.89. The van der Waals surface area contributed by atoms with Crippen molar-refractivity contribution >= 4 is 63.1 Å². The number of carbonyl (C=O) groups excluding carboxylic acids is 4. The van der Waals surface area contributed by atoms with Gasteiger partial charge in [-0.25, -0.2) is 9.78 Å². The molecule has 9 heteroatoms. The fourth-order valence-corrected chi connectivity index (χ4v) is 6.67. The molecule has 3 atom stereocenters. The summed E-state index contributed by atoms with van der Waals surface area (Å²) in [6.07, 6.45) is 2.44. The number of carbonyl (C=O) groups is 4. The number of Topliss-reactive ketones (excluding diaryl/α,β-unsaturated/α-hetero) is 1. The molecule has 1 saturated carbocycles. The van der Waals surface area contributed by atoms with Crippen molar-refractivity contribution in [3.63, 3.8) is 0 Å². The van der Waals surface area contributed by atoms with Crippen LogP contribution in [0.2, 0.25) is 5.02 Å². The minimum atomic E-state index is -0.646. The summed E-state index contributed by atoms with van der Waals surface area (Å²) in [4.78, 5) is 58.6. The molecule has 2 amide bonds. The van der Waals surface area contributed by atoms with Gasteiger partial charge < -0.3 is 4.74 Å². The average molecular weight is 587 g/mol. The third kappa shape index (κ3) is 4.96. The molecular formula is C32H27ClN2O5S. The molecule has 2 aliphatic rings. The molecule has 3 heterocycles. The molecule has 208 valence electrons. The van der Waals surface area contributed by atoms with Gasteiger partial charge in [0.05, 0.1) is 39.2 Å². The lowest BCUT2D eigenvalue weighted by Gasteiger charge is -2.25. The number of imide groups is 1. The van der Waals surface area contributed by atoms with Gasteiger partial charge in [-0.3, -0.25) is 19.3 Å². The second kappa shape index (κ2) is 10.8. The second-order valence-electron chi connectivity index (χ2n) is 10.8. The Labute approximate surface area is 246 Å². The highest BCUT2D eigenvalue weighted by molar-refractivity contribution is 7.12. The van der Waals surface area contributed by atoms with Crippen LogP contribution in [0.5, 0.6) is 0 Å². The molecule has 6 rings (SSSR count). The van der Waals surface area contributed by atoms with Crippen LogP contribution >= 0.6 is 22.9 Å². The molecule has 0 spiro atoms. The zero-order valence-electron chi connectivity index (χ0n) is 22.6. The van der Waals surface area contributed by atoms with Crippen LogP contribution < -0.4 is 4.90 Å². The fraction of sp³-hybridized carbons (Fsp3) is 0.281. The molecule has 2 fully saturated rings. The maximum absolute atomic E-state index is 13.2. The summed E-state index contributed by atoms with van der Waals surface area (Å²) < 4.78 is 5.42. The van der Waals surface area contributed by atoms with E-state index in [0.29, 0.717) is 49.2 Å². The lowest BCUT2D eigenvalue weighted by Crippen LogP contribution is -2.30. The van der Waals surface area contributed by atoms with E-state index in [9.17, 15) is 19.2 Å². The molecule has 1 aliphatic heterocycles. The summed E-state index contributed by atoms with van der Waals surface area (Å²) in [5.74, 6) is -1.24. The third-order valence-corrected chi connectivity index (χ3v) is 9.45. The zero-order valence-corrected chi connectivity index (χ0v) is 24.1. The lowest BCUT2D eigenvalue weighted by molar-refractivity contribution is -0.122. The molecule has 4 aromatic rings. The Morgan fingerprint density at radius 1 is 1.05 bits per heavy atom. The Kier molecular flexibility index (Phi) is 7.21. The smallest absolute Gasteiger partial charge is 0.339 e. The van der Waals surface area contributed by atoms with Crippen LogP contribution in [0, 0.1) is 24.7 Å². The van der Waals surface area contributed by atoms with E-state index in [1.165, 1.54) is 16.2 Å². The first kappa shape index (κ1) is 27.3. The van der Waals surface area contributed by atoms with E-state index in [0.717, 1.165) is 19.3 Å². The Bertz CT molecular complexity index is 1700. The summed E-state index contributed by atoms with van der Waals surface area (Å²) in [5, 5.41) is 2.86. The van der Waals surface area contributed by atoms with Gasteiger partial charge in [0.2, 0.25) is 17.6 Å². The number of anilines is 1. The van der Waals surface area contributed by atoms with Crippen molar-refractivity contribution in [1.82, 2.24) is 4.98 Å². The van der Waals surface area contributed by atoms with Crippen LogP contribution in [0.3, 0.4) is 0 Å². The van der Waals surface area contributed by atoms with Crippen molar-refractivity contribution in [1.29, 1.82) is 0 Å². The fourth-order valence-electron chi connectivity index (χ4n) is 5.86. The quantitative estimate of drug-likeness (QED) is 0.139. The summed E-state index contributed by atoms with van der Waals surface area (Å²) in [7, 11) is 0. The number of pyridine rings is 1. The van der Waals surface area contributed by atoms with Crippen molar-refractivity contribution in [3.05, 3.63) is 81.0 Å².